The lowest BCUT2D eigenvalue weighted by molar-refractivity contribution is -0.141. The quantitative estimate of drug-likeness (QED) is 0.385. The van der Waals surface area contributed by atoms with Crippen molar-refractivity contribution in [2.45, 2.75) is 64.9 Å². The molecule has 4 atom stereocenters. The predicted octanol–water partition coefficient (Wildman–Crippen LogP) is 3.48. The molecule has 1 aromatic carbocycles. The molecule has 2 amide bonds. The molecule has 0 spiro atoms. The molecule has 0 saturated carbocycles. The van der Waals surface area contributed by atoms with Crippen LogP contribution in [0.2, 0.25) is 5.82 Å². The number of aromatic nitrogens is 2. The maximum absolute atomic E-state index is 13.7. The SMILES string of the molecule is Cc1cc([C@H](C(=O)N2C[C@@H](B(O)O)C[C@@H]2C(=O)N[C@@H](C)c2ccc(-c3scnc3C)cc2)C(C)C)on1. The van der Waals surface area contributed by atoms with Gasteiger partial charge in [-0.1, -0.05) is 43.3 Å². The smallest absolute Gasteiger partial charge is 0.427 e. The number of benzene rings is 1. The monoisotopic (exact) mass is 524 g/mol. The highest BCUT2D eigenvalue weighted by Crippen LogP contribution is 2.35. The first kappa shape index (κ1) is 27.0. The van der Waals surface area contributed by atoms with E-state index in [2.05, 4.69) is 15.5 Å². The average Bonchev–Trinajstić information content (AvgIpc) is 3.59. The van der Waals surface area contributed by atoms with Gasteiger partial charge in [0.15, 0.2) is 0 Å². The van der Waals surface area contributed by atoms with Crippen molar-refractivity contribution in [3.05, 3.63) is 58.6 Å². The second-order valence-corrected chi connectivity index (χ2v) is 11.0. The minimum absolute atomic E-state index is 0.0716. The lowest BCUT2D eigenvalue weighted by Gasteiger charge is -2.29. The van der Waals surface area contributed by atoms with E-state index in [1.165, 1.54) is 4.90 Å². The van der Waals surface area contributed by atoms with Gasteiger partial charge in [-0.15, -0.1) is 11.3 Å². The Bertz CT molecular complexity index is 1240. The van der Waals surface area contributed by atoms with Crippen LogP contribution in [0.15, 0.2) is 40.4 Å². The fourth-order valence-corrected chi connectivity index (χ4v) is 5.73. The van der Waals surface area contributed by atoms with E-state index in [9.17, 15) is 19.6 Å². The fraction of sp³-hybridized carbons (Fsp3) is 0.462. The van der Waals surface area contributed by atoms with E-state index in [1.54, 1.807) is 24.3 Å². The summed E-state index contributed by atoms with van der Waals surface area (Å²) < 4.78 is 5.40. The van der Waals surface area contributed by atoms with Gasteiger partial charge in [0.25, 0.3) is 0 Å². The first-order chi connectivity index (χ1) is 17.6. The minimum atomic E-state index is -1.63. The molecule has 37 heavy (non-hydrogen) atoms. The maximum Gasteiger partial charge on any atom is 0.456 e. The number of rotatable bonds is 8. The van der Waals surface area contributed by atoms with Crippen LogP contribution in [0.5, 0.6) is 0 Å². The number of carbonyl (C=O) groups excluding carboxylic acids is 2. The third-order valence-corrected chi connectivity index (χ3v) is 7.98. The Kier molecular flexibility index (Phi) is 8.15. The normalized spacial score (nSPS) is 19.2. The molecule has 1 saturated heterocycles. The average molecular weight is 524 g/mol. The second kappa shape index (κ2) is 11.2. The van der Waals surface area contributed by atoms with E-state index in [0.717, 1.165) is 21.7 Å². The zero-order valence-electron chi connectivity index (χ0n) is 21.7. The molecule has 0 radical (unpaired) electrons. The van der Waals surface area contributed by atoms with Gasteiger partial charge in [0.2, 0.25) is 11.8 Å². The molecule has 0 unspecified atom stereocenters. The van der Waals surface area contributed by atoms with Crippen molar-refractivity contribution < 1.29 is 24.2 Å². The summed E-state index contributed by atoms with van der Waals surface area (Å²) in [6, 6.07) is 8.55. The number of nitrogens with zero attached hydrogens (tertiary/aromatic N) is 3. The van der Waals surface area contributed by atoms with Crippen LogP contribution in [0.4, 0.5) is 0 Å². The van der Waals surface area contributed by atoms with Gasteiger partial charge in [0, 0.05) is 18.4 Å². The molecule has 3 N–H and O–H groups in total. The number of carbonyl (C=O) groups is 2. The number of aryl methyl sites for hydroxylation is 2. The highest BCUT2D eigenvalue weighted by Gasteiger charge is 2.46. The molecule has 11 heteroatoms. The Morgan fingerprint density at radius 1 is 1.19 bits per heavy atom. The minimum Gasteiger partial charge on any atom is -0.427 e. The fourth-order valence-electron chi connectivity index (χ4n) is 4.92. The molecule has 0 bridgehead atoms. The molecule has 0 aliphatic carbocycles. The van der Waals surface area contributed by atoms with Gasteiger partial charge in [-0.25, -0.2) is 4.98 Å². The maximum atomic E-state index is 13.7. The molecule has 4 rings (SSSR count). The Labute approximate surface area is 221 Å². The molecule has 2 aromatic heterocycles. The number of hydrogen-bond acceptors (Lipinski definition) is 8. The molecule has 196 valence electrons. The number of nitrogens with one attached hydrogen (secondary N) is 1. The van der Waals surface area contributed by atoms with Crippen molar-refractivity contribution in [2.75, 3.05) is 6.54 Å². The van der Waals surface area contributed by atoms with E-state index < -0.39 is 24.9 Å². The number of likely N-dealkylation sites (tertiary alicyclic amines) is 1. The van der Waals surface area contributed by atoms with Crippen LogP contribution in [0.25, 0.3) is 10.4 Å². The van der Waals surface area contributed by atoms with Crippen molar-refractivity contribution in [1.29, 1.82) is 0 Å². The van der Waals surface area contributed by atoms with Crippen LogP contribution in [-0.4, -0.2) is 56.6 Å². The van der Waals surface area contributed by atoms with Crippen LogP contribution in [0.1, 0.15) is 61.9 Å². The summed E-state index contributed by atoms with van der Waals surface area (Å²) in [6.45, 7) is 9.53. The Morgan fingerprint density at radius 3 is 2.43 bits per heavy atom. The Hall–Kier alpha value is -3.02. The van der Waals surface area contributed by atoms with Crippen molar-refractivity contribution in [3.8, 4) is 10.4 Å². The van der Waals surface area contributed by atoms with Crippen molar-refractivity contribution >= 4 is 30.3 Å². The van der Waals surface area contributed by atoms with E-state index in [4.69, 9.17) is 4.52 Å². The zero-order chi connectivity index (χ0) is 26.9. The molecular formula is C26H33BN4O5S. The first-order valence-electron chi connectivity index (χ1n) is 12.5. The van der Waals surface area contributed by atoms with Gasteiger partial charge in [-0.05, 0) is 44.2 Å². The zero-order valence-corrected chi connectivity index (χ0v) is 22.5. The molecule has 1 aliphatic rings. The van der Waals surface area contributed by atoms with Crippen LogP contribution in [0.3, 0.4) is 0 Å². The Morgan fingerprint density at radius 2 is 1.89 bits per heavy atom. The van der Waals surface area contributed by atoms with E-state index in [1.807, 2.05) is 57.5 Å². The van der Waals surface area contributed by atoms with Gasteiger partial charge in [0.05, 0.1) is 27.8 Å². The summed E-state index contributed by atoms with van der Waals surface area (Å²) >= 11 is 1.58. The van der Waals surface area contributed by atoms with Crippen LogP contribution >= 0.6 is 11.3 Å². The van der Waals surface area contributed by atoms with Crippen LogP contribution in [0, 0.1) is 19.8 Å². The summed E-state index contributed by atoms with van der Waals surface area (Å²) in [6.07, 6.45) is 0.159. The van der Waals surface area contributed by atoms with Gasteiger partial charge in [-0.3, -0.25) is 9.59 Å². The van der Waals surface area contributed by atoms with Crippen molar-refractivity contribution in [1.82, 2.24) is 20.4 Å². The van der Waals surface area contributed by atoms with Gasteiger partial charge in [-0.2, -0.15) is 0 Å². The van der Waals surface area contributed by atoms with E-state index >= 15 is 0 Å². The van der Waals surface area contributed by atoms with Crippen LogP contribution < -0.4 is 5.32 Å². The topological polar surface area (TPSA) is 129 Å². The molecule has 3 aromatic rings. The molecular weight excluding hydrogens is 491 g/mol. The lowest BCUT2D eigenvalue weighted by atomic mass is 9.71. The van der Waals surface area contributed by atoms with Gasteiger partial charge in [0.1, 0.15) is 17.7 Å². The predicted molar refractivity (Wildman–Crippen MR) is 142 cm³/mol. The second-order valence-electron chi connectivity index (χ2n) is 10.1. The van der Waals surface area contributed by atoms with E-state index in [-0.39, 0.29) is 36.7 Å². The van der Waals surface area contributed by atoms with Gasteiger partial charge >= 0.3 is 7.12 Å². The van der Waals surface area contributed by atoms with Crippen molar-refractivity contribution in [2.24, 2.45) is 5.92 Å². The summed E-state index contributed by atoms with van der Waals surface area (Å²) in [4.78, 5) is 34.0. The largest absolute Gasteiger partial charge is 0.456 e. The van der Waals surface area contributed by atoms with E-state index in [0.29, 0.717) is 11.5 Å². The van der Waals surface area contributed by atoms with Gasteiger partial charge < -0.3 is 24.8 Å². The third-order valence-electron chi connectivity index (χ3n) is 7.00. The third kappa shape index (κ3) is 5.79. The number of thiazole rings is 1. The molecule has 9 nitrogen and oxygen atoms in total. The lowest BCUT2D eigenvalue weighted by Crippen LogP contribution is -2.48. The van der Waals surface area contributed by atoms with Crippen LogP contribution in [-0.2, 0) is 9.59 Å². The molecule has 1 aliphatic heterocycles. The highest BCUT2D eigenvalue weighted by atomic mass is 32.1. The molecule has 1 fully saturated rings. The standard InChI is InChI=1S/C26H33BN4O5S/c1-14(2)23(22-10-15(3)30-36-22)26(33)31-12-20(27(34)35)11-21(31)25(32)29-16(4)18-6-8-19(9-7-18)24-17(5)28-13-37-24/h6-10,13-14,16,20-21,23,34-35H,11-12H2,1-5H3,(H,29,32)/t16-,20-,21+,23+/m0/s1. The number of hydrogen-bond donors (Lipinski definition) is 3. The molecule has 3 heterocycles. The summed E-state index contributed by atoms with van der Waals surface area (Å²) in [5.41, 5.74) is 5.45. The summed E-state index contributed by atoms with van der Waals surface area (Å²) in [5.74, 6) is -1.54. The first-order valence-corrected chi connectivity index (χ1v) is 13.3. The highest BCUT2D eigenvalue weighted by molar-refractivity contribution is 7.13. The number of amides is 2. The van der Waals surface area contributed by atoms with Crippen molar-refractivity contribution in [3.63, 3.8) is 0 Å². The Balaban J connectivity index is 1.51. The summed E-state index contributed by atoms with van der Waals surface area (Å²) in [7, 11) is -1.63. The summed E-state index contributed by atoms with van der Waals surface area (Å²) in [5, 5.41) is 26.7.